The number of benzene rings is 1. The molecule has 0 fully saturated rings. The lowest BCUT2D eigenvalue weighted by Gasteiger charge is -2.16. The highest BCUT2D eigenvalue weighted by Crippen LogP contribution is 2.17. The molecule has 0 bridgehead atoms. The summed E-state index contributed by atoms with van der Waals surface area (Å²) in [6.07, 6.45) is 1.81. The molecule has 19 heavy (non-hydrogen) atoms. The van der Waals surface area contributed by atoms with E-state index in [2.05, 4.69) is 19.2 Å². The van der Waals surface area contributed by atoms with Crippen LogP contribution in [0.1, 0.15) is 44.0 Å². The first-order valence-electron chi connectivity index (χ1n) is 6.36. The van der Waals surface area contributed by atoms with Crippen LogP contribution in [0.25, 0.3) is 0 Å². The number of nitrogen functional groups attached to an aromatic ring is 1. The quantitative estimate of drug-likeness (QED) is 0.808. The monoisotopic (exact) mass is 270 g/mol. The molecule has 3 N–H and O–H groups in total. The molecule has 0 aliphatic carbocycles. The number of anilines is 1. The van der Waals surface area contributed by atoms with Crippen molar-refractivity contribution >= 4 is 11.6 Å². The third-order valence-corrected chi connectivity index (χ3v) is 2.89. The molecule has 0 spiro atoms. The van der Waals surface area contributed by atoms with Crippen LogP contribution in [-0.4, -0.2) is 11.9 Å². The molecule has 3 nitrogen and oxygen atoms in total. The topological polar surface area (TPSA) is 55.1 Å². The zero-order valence-electron chi connectivity index (χ0n) is 11.5. The number of nitrogens with two attached hydrogens (primary N) is 1. The van der Waals surface area contributed by atoms with Gasteiger partial charge in [0.25, 0.3) is 5.91 Å². The van der Waals surface area contributed by atoms with Crippen molar-refractivity contribution in [2.75, 3.05) is 5.73 Å². The Hall–Kier alpha value is -1.65. The van der Waals surface area contributed by atoms with Crippen LogP contribution in [0.5, 0.6) is 0 Å². The van der Waals surface area contributed by atoms with Crippen LogP contribution in [0, 0.1) is 17.6 Å². The fourth-order valence-electron chi connectivity index (χ4n) is 1.72. The SMILES string of the molecule is CC(C)CCC(C)NC(=O)c1cc(F)c(F)cc1N. The highest BCUT2D eigenvalue weighted by Gasteiger charge is 2.16. The number of amides is 1. The highest BCUT2D eigenvalue weighted by atomic mass is 19.2. The lowest BCUT2D eigenvalue weighted by atomic mass is 10.0. The highest BCUT2D eigenvalue weighted by molar-refractivity contribution is 5.99. The second-order valence-corrected chi connectivity index (χ2v) is 5.20. The van der Waals surface area contributed by atoms with Crippen molar-refractivity contribution in [2.24, 2.45) is 5.92 Å². The van der Waals surface area contributed by atoms with E-state index in [4.69, 9.17) is 5.73 Å². The van der Waals surface area contributed by atoms with E-state index >= 15 is 0 Å². The minimum absolute atomic E-state index is 0.0321. The molecule has 1 rings (SSSR count). The number of nitrogens with one attached hydrogen (secondary N) is 1. The van der Waals surface area contributed by atoms with Gasteiger partial charge in [-0.25, -0.2) is 8.78 Å². The molecule has 1 amide bonds. The molecule has 0 radical (unpaired) electrons. The first kappa shape index (κ1) is 15.4. The summed E-state index contributed by atoms with van der Waals surface area (Å²) in [7, 11) is 0. The molecular formula is C14H20F2N2O. The lowest BCUT2D eigenvalue weighted by Crippen LogP contribution is -2.33. The van der Waals surface area contributed by atoms with Gasteiger partial charge in [-0.15, -0.1) is 0 Å². The van der Waals surface area contributed by atoms with Crippen LogP contribution in [-0.2, 0) is 0 Å². The molecule has 1 unspecified atom stereocenters. The van der Waals surface area contributed by atoms with Gasteiger partial charge in [0.15, 0.2) is 11.6 Å². The number of rotatable bonds is 5. The second kappa shape index (κ2) is 6.50. The Bertz CT molecular complexity index is 461. The summed E-state index contributed by atoms with van der Waals surface area (Å²) in [6.45, 7) is 6.07. The number of hydrogen-bond acceptors (Lipinski definition) is 2. The Morgan fingerprint density at radius 2 is 1.79 bits per heavy atom. The number of carbonyl (C=O) groups is 1. The number of halogens is 2. The molecule has 0 aliphatic rings. The Kier molecular flexibility index (Phi) is 5.27. The minimum Gasteiger partial charge on any atom is -0.398 e. The maximum Gasteiger partial charge on any atom is 0.253 e. The van der Waals surface area contributed by atoms with Crippen molar-refractivity contribution in [3.8, 4) is 0 Å². The van der Waals surface area contributed by atoms with Gasteiger partial charge >= 0.3 is 0 Å². The average molecular weight is 270 g/mol. The van der Waals surface area contributed by atoms with Crippen LogP contribution in [0.15, 0.2) is 12.1 Å². The third-order valence-electron chi connectivity index (χ3n) is 2.89. The molecule has 1 atom stereocenters. The van der Waals surface area contributed by atoms with Gasteiger partial charge in [0.2, 0.25) is 0 Å². The smallest absolute Gasteiger partial charge is 0.253 e. The van der Waals surface area contributed by atoms with E-state index in [1.54, 1.807) is 0 Å². The third kappa shape index (κ3) is 4.50. The van der Waals surface area contributed by atoms with Crippen LogP contribution in [0.4, 0.5) is 14.5 Å². The summed E-state index contributed by atoms with van der Waals surface area (Å²) in [4.78, 5) is 11.9. The zero-order valence-corrected chi connectivity index (χ0v) is 11.5. The van der Waals surface area contributed by atoms with E-state index in [-0.39, 0.29) is 17.3 Å². The van der Waals surface area contributed by atoms with E-state index in [1.807, 2.05) is 6.92 Å². The molecule has 106 valence electrons. The van der Waals surface area contributed by atoms with Gasteiger partial charge in [-0.3, -0.25) is 4.79 Å². The molecule has 0 aromatic heterocycles. The average Bonchev–Trinajstić information content (AvgIpc) is 2.31. The van der Waals surface area contributed by atoms with E-state index in [0.717, 1.165) is 25.0 Å². The van der Waals surface area contributed by atoms with E-state index in [1.165, 1.54) is 0 Å². The first-order valence-corrected chi connectivity index (χ1v) is 6.36. The van der Waals surface area contributed by atoms with Gasteiger partial charge in [-0.1, -0.05) is 13.8 Å². The molecule has 1 aromatic carbocycles. The maximum absolute atomic E-state index is 13.1. The zero-order chi connectivity index (χ0) is 14.6. The van der Waals surface area contributed by atoms with Crippen LogP contribution >= 0.6 is 0 Å². The fourth-order valence-corrected chi connectivity index (χ4v) is 1.72. The lowest BCUT2D eigenvalue weighted by molar-refractivity contribution is 0.0937. The molecule has 1 aromatic rings. The van der Waals surface area contributed by atoms with Gasteiger partial charge in [0, 0.05) is 17.8 Å². The Morgan fingerprint density at radius 3 is 2.37 bits per heavy atom. The number of hydrogen-bond donors (Lipinski definition) is 2. The van der Waals surface area contributed by atoms with Crippen molar-refractivity contribution in [1.29, 1.82) is 0 Å². The van der Waals surface area contributed by atoms with Crippen LogP contribution in [0.2, 0.25) is 0 Å². The Balaban J connectivity index is 2.70. The van der Waals surface area contributed by atoms with Crippen LogP contribution < -0.4 is 11.1 Å². The Morgan fingerprint density at radius 1 is 1.21 bits per heavy atom. The standard InChI is InChI=1S/C14H20F2N2O/c1-8(2)4-5-9(3)18-14(19)10-6-11(15)12(16)7-13(10)17/h6-9H,4-5,17H2,1-3H3,(H,18,19). The van der Waals surface area contributed by atoms with E-state index < -0.39 is 17.5 Å². The van der Waals surface area contributed by atoms with Crippen molar-refractivity contribution < 1.29 is 13.6 Å². The van der Waals surface area contributed by atoms with Gasteiger partial charge in [-0.2, -0.15) is 0 Å². The van der Waals surface area contributed by atoms with E-state index in [0.29, 0.717) is 5.92 Å². The summed E-state index contributed by atoms with van der Waals surface area (Å²) < 4.78 is 26.0. The van der Waals surface area contributed by atoms with Crippen molar-refractivity contribution in [3.63, 3.8) is 0 Å². The molecule has 5 heteroatoms. The van der Waals surface area contributed by atoms with Gasteiger partial charge < -0.3 is 11.1 Å². The molecule has 0 saturated heterocycles. The maximum atomic E-state index is 13.1. The summed E-state index contributed by atoms with van der Waals surface area (Å²) in [6, 6.07) is 1.61. The first-order chi connectivity index (χ1) is 8.81. The second-order valence-electron chi connectivity index (χ2n) is 5.20. The fraction of sp³-hybridized carbons (Fsp3) is 0.500. The summed E-state index contributed by atoms with van der Waals surface area (Å²) in [5.74, 6) is -2.06. The predicted octanol–water partition coefficient (Wildman–Crippen LogP) is 3.10. The summed E-state index contributed by atoms with van der Waals surface area (Å²) >= 11 is 0. The van der Waals surface area contributed by atoms with E-state index in [9.17, 15) is 13.6 Å². The summed E-state index contributed by atoms with van der Waals surface area (Å²) in [5, 5.41) is 2.73. The van der Waals surface area contributed by atoms with Crippen molar-refractivity contribution in [1.82, 2.24) is 5.32 Å². The normalized spacial score (nSPS) is 12.5. The molecule has 0 aliphatic heterocycles. The van der Waals surface area contributed by atoms with Crippen molar-refractivity contribution in [3.05, 3.63) is 29.3 Å². The number of carbonyl (C=O) groups excluding carboxylic acids is 1. The van der Waals surface area contributed by atoms with Gasteiger partial charge in [-0.05, 0) is 31.7 Å². The van der Waals surface area contributed by atoms with Crippen molar-refractivity contribution in [2.45, 2.75) is 39.7 Å². The van der Waals surface area contributed by atoms with Gasteiger partial charge in [0.1, 0.15) is 0 Å². The molecular weight excluding hydrogens is 250 g/mol. The van der Waals surface area contributed by atoms with Gasteiger partial charge in [0.05, 0.1) is 5.56 Å². The summed E-state index contributed by atoms with van der Waals surface area (Å²) in [5.41, 5.74) is 5.43. The minimum atomic E-state index is -1.07. The largest absolute Gasteiger partial charge is 0.398 e. The molecule has 0 saturated carbocycles. The Labute approximate surface area is 112 Å². The predicted molar refractivity (Wildman–Crippen MR) is 71.8 cm³/mol. The molecule has 0 heterocycles. The van der Waals surface area contributed by atoms with Crippen LogP contribution in [0.3, 0.4) is 0 Å².